The third-order valence-corrected chi connectivity index (χ3v) is 2.93. The number of hydrogen-bond acceptors (Lipinski definition) is 3. The summed E-state index contributed by atoms with van der Waals surface area (Å²) in [6.07, 6.45) is 4.33. The Morgan fingerprint density at radius 3 is 2.95 bits per heavy atom. The predicted octanol–water partition coefficient (Wildman–Crippen LogP) is 2.90. The van der Waals surface area contributed by atoms with Crippen LogP contribution in [-0.4, -0.2) is 16.3 Å². The topological polar surface area (TPSA) is 53.6 Å². The monoisotopic (exact) mass is 274 g/mol. The molecule has 2 aromatic rings. The molecular weight excluding hydrogens is 260 g/mol. The van der Waals surface area contributed by atoms with Crippen LogP contribution in [0.3, 0.4) is 0 Å². The summed E-state index contributed by atoms with van der Waals surface area (Å²) in [7, 11) is 0. The molecule has 98 valence electrons. The highest BCUT2D eigenvalue weighted by Gasteiger charge is 2.07. The van der Waals surface area contributed by atoms with Crippen LogP contribution in [0, 0.1) is 11.3 Å². The van der Waals surface area contributed by atoms with Crippen molar-refractivity contribution in [2.24, 2.45) is 0 Å². The quantitative estimate of drug-likeness (QED) is 0.853. The molecule has 2 rings (SSSR count). The van der Waals surface area contributed by atoms with Crippen molar-refractivity contribution >= 4 is 11.6 Å². The van der Waals surface area contributed by atoms with Gasteiger partial charge in [0.15, 0.2) is 0 Å². The summed E-state index contributed by atoms with van der Waals surface area (Å²) in [6.45, 7) is 3.86. The summed E-state index contributed by atoms with van der Waals surface area (Å²) < 4.78 is 1.62. The van der Waals surface area contributed by atoms with Crippen LogP contribution in [0.4, 0.5) is 0 Å². The largest absolute Gasteiger partial charge is 0.313 e. The maximum absolute atomic E-state index is 9.24. The van der Waals surface area contributed by atoms with E-state index < -0.39 is 0 Å². The number of nitrogens with one attached hydrogen (secondary N) is 1. The van der Waals surface area contributed by atoms with Gasteiger partial charge in [-0.05, 0) is 30.7 Å². The third kappa shape index (κ3) is 3.34. The first-order valence-corrected chi connectivity index (χ1v) is 6.56. The van der Waals surface area contributed by atoms with Crippen molar-refractivity contribution in [3.05, 3.63) is 46.7 Å². The highest BCUT2D eigenvalue weighted by Crippen LogP contribution is 2.17. The molecule has 1 heterocycles. The molecule has 0 aliphatic heterocycles. The first kappa shape index (κ1) is 13.6. The summed E-state index contributed by atoms with van der Waals surface area (Å²) in [5, 5.41) is 17.2. The van der Waals surface area contributed by atoms with Gasteiger partial charge in [-0.15, -0.1) is 0 Å². The highest BCUT2D eigenvalue weighted by atomic mass is 35.5. The number of nitrogens with zero attached hydrogens (tertiary/aromatic N) is 3. The Morgan fingerprint density at radius 2 is 2.32 bits per heavy atom. The fourth-order valence-electron chi connectivity index (χ4n) is 1.82. The summed E-state index contributed by atoms with van der Waals surface area (Å²) in [5.74, 6) is 0. The molecule has 0 unspecified atom stereocenters. The van der Waals surface area contributed by atoms with Crippen LogP contribution >= 0.6 is 11.6 Å². The van der Waals surface area contributed by atoms with E-state index in [4.69, 9.17) is 11.6 Å². The molecule has 1 aromatic carbocycles. The van der Waals surface area contributed by atoms with Gasteiger partial charge in [0.2, 0.25) is 0 Å². The molecule has 0 saturated carbocycles. The van der Waals surface area contributed by atoms with Crippen LogP contribution in [0.2, 0.25) is 5.02 Å². The molecule has 0 bridgehead atoms. The van der Waals surface area contributed by atoms with Crippen LogP contribution in [0.25, 0.3) is 5.69 Å². The lowest BCUT2D eigenvalue weighted by molar-refractivity contribution is 0.675. The van der Waals surface area contributed by atoms with Crippen LogP contribution in [0.15, 0.2) is 30.6 Å². The van der Waals surface area contributed by atoms with E-state index in [-0.39, 0.29) is 0 Å². The van der Waals surface area contributed by atoms with E-state index in [1.807, 2.05) is 18.2 Å². The van der Waals surface area contributed by atoms with Crippen LogP contribution in [-0.2, 0) is 6.54 Å². The average molecular weight is 275 g/mol. The smallest absolute Gasteiger partial charge is 0.101 e. The van der Waals surface area contributed by atoms with E-state index in [9.17, 15) is 5.26 Å². The number of hydrogen-bond donors (Lipinski definition) is 1. The van der Waals surface area contributed by atoms with E-state index in [1.54, 1.807) is 17.1 Å². The Morgan fingerprint density at radius 1 is 1.47 bits per heavy atom. The molecule has 0 saturated heterocycles. The van der Waals surface area contributed by atoms with Gasteiger partial charge in [-0.2, -0.15) is 10.4 Å². The lowest BCUT2D eigenvalue weighted by Crippen LogP contribution is -2.14. The molecule has 19 heavy (non-hydrogen) atoms. The van der Waals surface area contributed by atoms with E-state index >= 15 is 0 Å². The van der Waals surface area contributed by atoms with Crippen molar-refractivity contribution in [3.8, 4) is 11.8 Å². The standard InChI is InChI=1S/C14H15ClN4/c1-2-5-17-8-11-3-4-14(12(6-11)7-16)19-10-13(15)9-18-19/h3-4,6,9-10,17H,2,5,8H2,1H3. The fraction of sp³-hybridized carbons (Fsp3) is 0.286. The molecule has 1 N–H and O–H groups in total. The van der Waals surface area contributed by atoms with Gasteiger partial charge < -0.3 is 5.32 Å². The Labute approximate surface area is 117 Å². The van der Waals surface area contributed by atoms with Gasteiger partial charge in [-0.1, -0.05) is 24.6 Å². The number of nitriles is 1. The molecule has 0 aliphatic carbocycles. The maximum atomic E-state index is 9.24. The molecule has 0 aliphatic rings. The molecule has 0 spiro atoms. The molecule has 4 nitrogen and oxygen atoms in total. The predicted molar refractivity (Wildman–Crippen MR) is 75.3 cm³/mol. The molecule has 0 amide bonds. The molecular formula is C14H15ClN4. The molecule has 5 heteroatoms. The van der Waals surface area contributed by atoms with Gasteiger partial charge in [-0.3, -0.25) is 0 Å². The number of aromatic nitrogens is 2. The van der Waals surface area contributed by atoms with Gasteiger partial charge in [0.05, 0.1) is 22.5 Å². The summed E-state index contributed by atoms with van der Waals surface area (Å²) in [6, 6.07) is 7.97. The third-order valence-electron chi connectivity index (χ3n) is 2.74. The zero-order chi connectivity index (χ0) is 13.7. The molecule has 0 fully saturated rings. The summed E-state index contributed by atoms with van der Waals surface area (Å²) in [4.78, 5) is 0. The van der Waals surface area contributed by atoms with Crippen LogP contribution < -0.4 is 5.32 Å². The Hall–Kier alpha value is -1.83. The van der Waals surface area contributed by atoms with Crippen molar-refractivity contribution < 1.29 is 0 Å². The highest BCUT2D eigenvalue weighted by molar-refractivity contribution is 6.30. The van der Waals surface area contributed by atoms with E-state index in [0.717, 1.165) is 30.8 Å². The first-order valence-electron chi connectivity index (χ1n) is 6.19. The lowest BCUT2D eigenvalue weighted by atomic mass is 10.1. The average Bonchev–Trinajstić information content (AvgIpc) is 2.85. The maximum Gasteiger partial charge on any atom is 0.101 e. The SMILES string of the molecule is CCCNCc1ccc(-n2cc(Cl)cn2)c(C#N)c1. The Kier molecular flexibility index (Phi) is 4.56. The number of halogens is 1. The van der Waals surface area contributed by atoms with Crippen molar-refractivity contribution in [1.82, 2.24) is 15.1 Å². The van der Waals surface area contributed by atoms with Gasteiger partial charge in [0, 0.05) is 12.7 Å². The second-order valence-electron chi connectivity index (χ2n) is 4.24. The van der Waals surface area contributed by atoms with Gasteiger partial charge >= 0.3 is 0 Å². The molecule has 0 atom stereocenters. The molecule has 0 radical (unpaired) electrons. The van der Waals surface area contributed by atoms with Crippen molar-refractivity contribution in [1.29, 1.82) is 5.26 Å². The van der Waals surface area contributed by atoms with Crippen molar-refractivity contribution in [2.45, 2.75) is 19.9 Å². The van der Waals surface area contributed by atoms with Crippen molar-refractivity contribution in [3.63, 3.8) is 0 Å². The minimum atomic E-state index is 0.553. The Bertz CT molecular complexity index is 598. The zero-order valence-corrected chi connectivity index (χ0v) is 11.5. The minimum absolute atomic E-state index is 0.553. The number of rotatable bonds is 5. The first-order chi connectivity index (χ1) is 9.24. The molecule has 1 aromatic heterocycles. The second kappa shape index (κ2) is 6.37. The minimum Gasteiger partial charge on any atom is -0.313 e. The van der Waals surface area contributed by atoms with Crippen LogP contribution in [0.5, 0.6) is 0 Å². The number of benzene rings is 1. The van der Waals surface area contributed by atoms with Gasteiger partial charge in [-0.25, -0.2) is 4.68 Å². The zero-order valence-electron chi connectivity index (χ0n) is 10.7. The van der Waals surface area contributed by atoms with E-state index in [2.05, 4.69) is 23.4 Å². The normalized spacial score (nSPS) is 10.4. The van der Waals surface area contributed by atoms with Gasteiger partial charge in [0.25, 0.3) is 0 Å². The summed E-state index contributed by atoms with van der Waals surface area (Å²) in [5.41, 5.74) is 2.43. The van der Waals surface area contributed by atoms with E-state index in [0.29, 0.717) is 10.6 Å². The lowest BCUT2D eigenvalue weighted by Gasteiger charge is -2.08. The fourth-order valence-corrected chi connectivity index (χ4v) is 1.96. The Balaban J connectivity index is 2.24. The summed E-state index contributed by atoms with van der Waals surface area (Å²) >= 11 is 5.85. The second-order valence-corrected chi connectivity index (χ2v) is 4.68. The van der Waals surface area contributed by atoms with Crippen LogP contribution in [0.1, 0.15) is 24.5 Å². The van der Waals surface area contributed by atoms with Gasteiger partial charge in [0.1, 0.15) is 6.07 Å². The van der Waals surface area contributed by atoms with E-state index in [1.165, 1.54) is 0 Å². The van der Waals surface area contributed by atoms with Crippen molar-refractivity contribution in [2.75, 3.05) is 6.54 Å².